The van der Waals surface area contributed by atoms with Crippen molar-refractivity contribution in [2.24, 2.45) is 4.99 Å². The molecule has 0 aliphatic carbocycles. The predicted molar refractivity (Wildman–Crippen MR) is 125 cm³/mol. The van der Waals surface area contributed by atoms with Gasteiger partial charge >= 0.3 is 0 Å². The molecule has 1 aromatic carbocycles. The van der Waals surface area contributed by atoms with E-state index in [-0.39, 0.29) is 5.91 Å². The van der Waals surface area contributed by atoms with E-state index in [1.807, 2.05) is 30.3 Å². The minimum absolute atomic E-state index is 0.278. The second kappa shape index (κ2) is 12.7. The van der Waals surface area contributed by atoms with Gasteiger partial charge in [-0.3, -0.25) is 14.7 Å². The fourth-order valence-corrected chi connectivity index (χ4v) is 4.30. The van der Waals surface area contributed by atoms with Crippen LogP contribution in [0, 0.1) is 0 Å². The van der Waals surface area contributed by atoms with Gasteiger partial charge in [-0.1, -0.05) is 43.2 Å². The molecule has 0 bridgehead atoms. The van der Waals surface area contributed by atoms with Crippen molar-refractivity contribution < 1.29 is 9.90 Å². The molecule has 0 spiro atoms. The van der Waals surface area contributed by atoms with Gasteiger partial charge in [0.1, 0.15) is 0 Å². The fourth-order valence-electron chi connectivity index (χ4n) is 4.30. The van der Waals surface area contributed by atoms with E-state index in [1.165, 1.54) is 12.8 Å². The van der Waals surface area contributed by atoms with E-state index in [2.05, 4.69) is 26.9 Å². The van der Waals surface area contributed by atoms with Gasteiger partial charge < -0.3 is 20.2 Å². The van der Waals surface area contributed by atoms with Crippen LogP contribution < -0.4 is 5.32 Å². The van der Waals surface area contributed by atoms with Gasteiger partial charge in [-0.05, 0) is 25.3 Å². The Hall–Kier alpha value is -2.12. The molecular formula is C24H39N5O2. The first kappa shape index (κ1) is 23.5. The molecule has 0 aromatic heterocycles. The van der Waals surface area contributed by atoms with Crippen molar-refractivity contribution in [1.82, 2.24) is 20.0 Å². The molecule has 1 atom stereocenters. The number of piperazine rings is 1. The van der Waals surface area contributed by atoms with Gasteiger partial charge in [0.25, 0.3) is 0 Å². The highest BCUT2D eigenvalue weighted by molar-refractivity contribution is 5.80. The maximum Gasteiger partial charge on any atom is 0.236 e. The van der Waals surface area contributed by atoms with Crippen LogP contribution in [0.2, 0.25) is 0 Å². The van der Waals surface area contributed by atoms with Gasteiger partial charge in [0, 0.05) is 52.2 Å². The molecule has 1 amide bonds. The van der Waals surface area contributed by atoms with Crippen LogP contribution in [0.5, 0.6) is 0 Å². The van der Waals surface area contributed by atoms with Crippen LogP contribution in [0.1, 0.15) is 38.2 Å². The molecule has 1 unspecified atom stereocenters. The van der Waals surface area contributed by atoms with Crippen molar-refractivity contribution in [3.05, 3.63) is 35.9 Å². The summed E-state index contributed by atoms with van der Waals surface area (Å²) in [5.41, 5.74) is 1.12. The number of carbonyl (C=O) groups is 1. The van der Waals surface area contributed by atoms with Gasteiger partial charge in [-0.25, -0.2) is 0 Å². The second-order valence-electron chi connectivity index (χ2n) is 8.60. The van der Waals surface area contributed by atoms with Gasteiger partial charge in [-0.15, -0.1) is 0 Å². The number of rotatable bonds is 7. The van der Waals surface area contributed by atoms with Crippen LogP contribution in [0.25, 0.3) is 0 Å². The summed E-state index contributed by atoms with van der Waals surface area (Å²) in [6.45, 7) is 8.99. The molecule has 1 aromatic rings. The molecule has 172 valence electrons. The molecule has 0 radical (unpaired) electrons. The third kappa shape index (κ3) is 7.82. The van der Waals surface area contributed by atoms with E-state index in [9.17, 15) is 9.90 Å². The number of aliphatic imine (C=N–C) groups is 1. The van der Waals surface area contributed by atoms with E-state index >= 15 is 0 Å². The minimum Gasteiger partial charge on any atom is -0.391 e. The third-order valence-corrected chi connectivity index (χ3v) is 6.09. The van der Waals surface area contributed by atoms with Gasteiger partial charge in [0.05, 0.1) is 19.2 Å². The third-order valence-electron chi connectivity index (χ3n) is 6.09. The lowest BCUT2D eigenvalue weighted by Gasteiger charge is -2.37. The Morgan fingerprint density at radius 1 is 1.00 bits per heavy atom. The lowest BCUT2D eigenvalue weighted by Crippen LogP contribution is -2.54. The number of aliphatic hydroxyl groups is 1. The highest BCUT2D eigenvalue weighted by Gasteiger charge is 2.24. The van der Waals surface area contributed by atoms with Gasteiger partial charge in [0.2, 0.25) is 5.91 Å². The summed E-state index contributed by atoms with van der Waals surface area (Å²) in [7, 11) is 0. The Morgan fingerprint density at radius 3 is 2.32 bits per heavy atom. The van der Waals surface area contributed by atoms with Crippen molar-refractivity contribution >= 4 is 11.9 Å². The van der Waals surface area contributed by atoms with Crippen LogP contribution in [-0.2, 0) is 11.2 Å². The van der Waals surface area contributed by atoms with E-state index in [1.54, 1.807) is 0 Å². The number of aliphatic hydroxyl groups excluding tert-OH is 1. The zero-order valence-electron chi connectivity index (χ0n) is 19.0. The number of hydrogen-bond donors (Lipinski definition) is 2. The molecule has 2 fully saturated rings. The smallest absolute Gasteiger partial charge is 0.236 e. The number of carbonyl (C=O) groups excluding carboxylic acids is 1. The average molecular weight is 430 g/mol. The van der Waals surface area contributed by atoms with Crippen molar-refractivity contribution in [2.75, 3.05) is 58.9 Å². The highest BCUT2D eigenvalue weighted by Crippen LogP contribution is 2.11. The number of likely N-dealkylation sites (tertiary alicyclic amines) is 1. The summed E-state index contributed by atoms with van der Waals surface area (Å²) in [5.74, 6) is 1.13. The minimum atomic E-state index is -0.497. The molecule has 2 heterocycles. The maximum atomic E-state index is 12.7. The van der Waals surface area contributed by atoms with Crippen LogP contribution in [0.3, 0.4) is 0 Å². The quantitative estimate of drug-likeness (QED) is 0.509. The first-order valence-corrected chi connectivity index (χ1v) is 11.9. The lowest BCUT2D eigenvalue weighted by atomic mass is 10.1. The van der Waals surface area contributed by atoms with Crippen molar-refractivity contribution in [3.8, 4) is 0 Å². The molecular weight excluding hydrogens is 390 g/mol. The summed E-state index contributed by atoms with van der Waals surface area (Å²) in [6, 6.07) is 10.0. The summed E-state index contributed by atoms with van der Waals surface area (Å²) in [6.07, 6.45) is 4.87. The number of guanidine groups is 1. The predicted octanol–water partition coefficient (Wildman–Crippen LogP) is 1.58. The van der Waals surface area contributed by atoms with E-state index in [0.717, 1.165) is 70.2 Å². The largest absolute Gasteiger partial charge is 0.391 e. The molecule has 3 rings (SSSR count). The SMILES string of the molecule is CCNC(=NCC(O)Cc1ccccc1)N1CCN(CC(=O)N2CCCCCC2)CC1. The average Bonchev–Trinajstić information content (AvgIpc) is 3.08. The molecule has 31 heavy (non-hydrogen) atoms. The lowest BCUT2D eigenvalue weighted by molar-refractivity contribution is -0.132. The molecule has 7 nitrogen and oxygen atoms in total. The molecule has 2 aliphatic heterocycles. The van der Waals surface area contributed by atoms with Crippen molar-refractivity contribution in [1.29, 1.82) is 0 Å². The Kier molecular flexibility index (Phi) is 9.62. The Balaban J connectivity index is 1.46. The number of nitrogens with one attached hydrogen (secondary N) is 1. The Morgan fingerprint density at radius 2 is 1.68 bits per heavy atom. The summed E-state index contributed by atoms with van der Waals surface area (Å²) in [5, 5.41) is 13.8. The molecule has 2 saturated heterocycles. The molecule has 2 N–H and O–H groups in total. The van der Waals surface area contributed by atoms with E-state index < -0.39 is 6.10 Å². The summed E-state index contributed by atoms with van der Waals surface area (Å²) >= 11 is 0. The van der Waals surface area contributed by atoms with Crippen LogP contribution >= 0.6 is 0 Å². The maximum absolute atomic E-state index is 12.7. The van der Waals surface area contributed by atoms with E-state index in [4.69, 9.17) is 4.99 Å². The standard InChI is InChI=1S/C24H39N5O2/c1-2-25-24(26-19-22(30)18-21-10-6-5-7-11-21)29-16-14-27(15-17-29)20-23(31)28-12-8-3-4-9-13-28/h5-7,10-11,22,30H,2-4,8-9,12-20H2,1H3,(H,25,26). The van der Waals surface area contributed by atoms with Gasteiger partial charge in [-0.2, -0.15) is 0 Å². The topological polar surface area (TPSA) is 71.4 Å². The zero-order valence-corrected chi connectivity index (χ0v) is 19.0. The number of nitrogens with zero attached hydrogens (tertiary/aromatic N) is 4. The van der Waals surface area contributed by atoms with Crippen molar-refractivity contribution in [3.63, 3.8) is 0 Å². The first-order valence-electron chi connectivity index (χ1n) is 11.9. The van der Waals surface area contributed by atoms with Crippen LogP contribution in [0.15, 0.2) is 35.3 Å². The summed E-state index contributed by atoms with van der Waals surface area (Å²) < 4.78 is 0. The number of hydrogen-bond acceptors (Lipinski definition) is 4. The second-order valence-corrected chi connectivity index (χ2v) is 8.60. The van der Waals surface area contributed by atoms with Crippen LogP contribution in [0.4, 0.5) is 0 Å². The Bertz CT molecular complexity index is 680. The molecule has 0 saturated carbocycles. The fraction of sp³-hybridized carbons (Fsp3) is 0.667. The first-order chi connectivity index (χ1) is 15.2. The van der Waals surface area contributed by atoms with Crippen molar-refractivity contribution in [2.45, 2.75) is 45.1 Å². The van der Waals surface area contributed by atoms with Crippen LogP contribution in [-0.4, -0.2) is 96.7 Å². The Labute approximate surface area is 187 Å². The highest BCUT2D eigenvalue weighted by atomic mass is 16.3. The zero-order chi connectivity index (χ0) is 21.9. The van der Waals surface area contributed by atoms with Gasteiger partial charge in [0.15, 0.2) is 5.96 Å². The summed E-state index contributed by atoms with van der Waals surface area (Å²) in [4.78, 5) is 23.9. The number of benzene rings is 1. The monoisotopic (exact) mass is 429 g/mol. The number of amides is 1. The molecule has 2 aliphatic rings. The van der Waals surface area contributed by atoms with E-state index in [0.29, 0.717) is 19.5 Å². The molecule has 7 heteroatoms. The normalized spacial score (nSPS) is 19.7.